The van der Waals surface area contributed by atoms with E-state index in [-0.39, 0.29) is 42.1 Å². The number of carbonyl (C=O) groups excluding carboxylic acids is 2. The van der Waals surface area contributed by atoms with E-state index in [0.717, 1.165) is 5.56 Å². The summed E-state index contributed by atoms with van der Waals surface area (Å²) in [5.74, 6) is -1.13. The van der Waals surface area contributed by atoms with Gasteiger partial charge in [-0.25, -0.2) is 4.79 Å². The maximum Gasteiger partial charge on any atom is 0.330 e. The first kappa shape index (κ1) is 16.9. The van der Waals surface area contributed by atoms with Crippen molar-refractivity contribution >= 4 is 11.9 Å². The molecule has 0 fully saturated rings. The van der Waals surface area contributed by atoms with Crippen LogP contribution in [0.4, 0.5) is 0 Å². The minimum Gasteiger partial charge on any atom is -0.504 e. The molecule has 1 aliphatic rings. The van der Waals surface area contributed by atoms with Gasteiger partial charge in [0.05, 0.1) is 0 Å². The molecule has 0 amide bonds. The molecule has 1 aromatic rings. The first-order valence-electron chi connectivity index (χ1n) is 7.51. The zero-order chi connectivity index (χ0) is 16.8. The number of rotatable bonds is 6. The van der Waals surface area contributed by atoms with Crippen molar-refractivity contribution in [1.29, 1.82) is 0 Å². The van der Waals surface area contributed by atoms with E-state index in [0.29, 0.717) is 19.3 Å². The second-order valence-corrected chi connectivity index (χ2v) is 5.56. The van der Waals surface area contributed by atoms with Crippen LogP contribution in [0.3, 0.4) is 0 Å². The summed E-state index contributed by atoms with van der Waals surface area (Å²) < 4.78 is 10.4. The molecule has 0 aromatic heterocycles. The van der Waals surface area contributed by atoms with Gasteiger partial charge >= 0.3 is 11.9 Å². The van der Waals surface area contributed by atoms with E-state index in [9.17, 15) is 19.8 Å². The standard InChI is InChI=1S/C17H20O6/c1-11(9-13-3-2-4-16(20)23-13)22-17(21)8-6-12-5-7-14(18)15(19)10-12/h2,4-5,7,10-11,13,18-19H,3,6,8-9H2,1H3/t11-,13?/m1/s1. The summed E-state index contributed by atoms with van der Waals surface area (Å²) in [6.07, 6.45) is 4.19. The summed E-state index contributed by atoms with van der Waals surface area (Å²) in [6.45, 7) is 1.76. The fourth-order valence-corrected chi connectivity index (χ4v) is 2.38. The highest BCUT2D eigenvalue weighted by atomic mass is 16.6. The number of esters is 2. The predicted octanol–water partition coefficient (Wildman–Crippen LogP) is 2.22. The summed E-state index contributed by atoms with van der Waals surface area (Å²) in [4.78, 5) is 23.0. The molecule has 124 valence electrons. The molecule has 2 N–H and O–H groups in total. The average molecular weight is 320 g/mol. The predicted molar refractivity (Wildman–Crippen MR) is 81.9 cm³/mol. The normalized spacial score (nSPS) is 18.3. The number of benzene rings is 1. The second kappa shape index (κ2) is 7.67. The van der Waals surface area contributed by atoms with Crippen LogP contribution < -0.4 is 0 Å². The van der Waals surface area contributed by atoms with Crippen molar-refractivity contribution in [2.45, 2.75) is 44.8 Å². The van der Waals surface area contributed by atoms with E-state index >= 15 is 0 Å². The Labute approximate surface area is 134 Å². The third kappa shape index (κ3) is 5.32. The highest BCUT2D eigenvalue weighted by molar-refractivity contribution is 5.82. The van der Waals surface area contributed by atoms with Crippen molar-refractivity contribution in [3.05, 3.63) is 35.9 Å². The van der Waals surface area contributed by atoms with E-state index in [1.807, 2.05) is 0 Å². The van der Waals surface area contributed by atoms with E-state index < -0.39 is 0 Å². The lowest BCUT2D eigenvalue weighted by Crippen LogP contribution is -2.26. The van der Waals surface area contributed by atoms with Crippen molar-refractivity contribution in [1.82, 2.24) is 0 Å². The van der Waals surface area contributed by atoms with Crippen molar-refractivity contribution in [2.24, 2.45) is 0 Å². The summed E-state index contributed by atoms with van der Waals surface area (Å²) in [7, 11) is 0. The zero-order valence-corrected chi connectivity index (χ0v) is 12.9. The van der Waals surface area contributed by atoms with Crippen LogP contribution in [0, 0.1) is 0 Å². The van der Waals surface area contributed by atoms with Crippen LogP contribution in [-0.4, -0.2) is 34.4 Å². The van der Waals surface area contributed by atoms with Crippen LogP contribution >= 0.6 is 0 Å². The van der Waals surface area contributed by atoms with Gasteiger partial charge in [-0.05, 0) is 31.0 Å². The molecule has 1 unspecified atom stereocenters. The van der Waals surface area contributed by atoms with Crippen LogP contribution in [0.2, 0.25) is 0 Å². The lowest BCUT2D eigenvalue weighted by Gasteiger charge is -2.22. The Morgan fingerprint density at radius 3 is 2.87 bits per heavy atom. The van der Waals surface area contributed by atoms with Crippen LogP contribution in [0.25, 0.3) is 0 Å². The first-order valence-corrected chi connectivity index (χ1v) is 7.51. The van der Waals surface area contributed by atoms with Gasteiger partial charge in [0, 0.05) is 25.3 Å². The zero-order valence-electron chi connectivity index (χ0n) is 12.9. The van der Waals surface area contributed by atoms with Gasteiger partial charge in [-0.1, -0.05) is 12.1 Å². The van der Waals surface area contributed by atoms with Gasteiger partial charge in [0.25, 0.3) is 0 Å². The van der Waals surface area contributed by atoms with Crippen molar-refractivity contribution in [3.8, 4) is 11.5 Å². The smallest absolute Gasteiger partial charge is 0.330 e. The number of aromatic hydroxyl groups is 2. The molecule has 0 aliphatic carbocycles. The molecule has 23 heavy (non-hydrogen) atoms. The second-order valence-electron chi connectivity index (χ2n) is 5.56. The lowest BCUT2D eigenvalue weighted by atomic mass is 10.1. The van der Waals surface area contributed by atoms with Crippen molar-refractivity contribution in [3.63, 3.8) is 0 Å². The molecule has 2 atom stereocenters. The van der Waals surface area contributed by atoms with Crippen LogP contribution in [0.15, 0.2) is 30.4 Å². The Morgan fingerprint density at radius 2 is 2.17 bits per heavy atom. The highest BCUT2D eigenvalue weighted by Crippen LogP contribution is 2.25. The number of carbonyl (C=O) groups is 2. The Kier molecular flexibility index (Phi) is 5.62. The van der Waals surface area contributed by atoms with Gasteiger partial charge in [0.1, 0.15) is 12.2 Å². The Hall–Kier alpha value is -2.50. The monoisotopic (exact) mass is 320 g/mol. The molecule has 1 aromatic carbocycles. The number of ether oxygens (including phenoxy) is 2. The Morgan fingerprint density at radius 1 is 1.39 bits per heavy atom. The summed E-state index contributed by atoms with van der Waals surface area (Å²) in [5, 5.41) is 18.6. The molecule has 0 radical (unpaired) electrons. The quantitative estimate of drug-likeness (QED) is 0.617. The molecule has 0 saturated heterocycles. The molecule has 1 heterocycles. The summed E-state index contributed by atoms with van der Waals surface area (Å²) in [5.41, 5.74) is 0.733. The Bertz CT molecular complexity index is 607. The minimum atomic E-state index is -0.369. The molecule has 2 rings (SSSR count). The van der Waals surface area contributed by atoms with Crippen LogP contribution in [0.5, 0.6) is 11.5 Å². The Balaban J connectivity index is 1.74. The van der Waals surface area contributed by atoms with Crippen LogP contribution in [0.1, 0.15) is 31.7 Å². The number of cyclic esters (lactones) is 1. The van der Waals surface area contributed by atoms with E-state index in [1.54, 1.807) is 19.1 Å². The minimum absolute atomic E-state index is 0.166. The fourth-order valence-electron chi connectivity index (χ4n) is 2.38. The number of phenols is 2. The summed E-state index contributed by atoms with van der Waals surface area (Å²) in [6, 6.07) is 4.43. The molecule has 6 heteroatoms. The number of hydrogen-bond donors (Lipinski definition) is 2. The molecule has 0 saturated carbocycles. The maximum absolute atomic E-state index is 11.8. The number of aryl methyl sites for hydroxylation is 1. The number of phenolic OH excluding ortho intramolecular Hbond substituents is 2. The molecule has 6 nitrogen and oxygen atoms in total. The van der Waals surface area contributed by atoms with E-state index in [2.05, 4.69) is 0 Å². The molecular formula is C17H20O6. The maximum atomic E-state index is 11.8. The third-order valence-electron chi connectivity index (χ3n) is 3.52. The van der Waals surface area contributed by atoms with E-state index in [4.69, 9.17) is 9.47 Å². The third-order valence-corrected chi connectivity index (χ3v) is 3.52. The summed E-state index contributed by atoms with van der Waals surface area (Å²) >= 11 is 0. The van der Waals surface area contributed by atoms with Crippen LogP contribution in [-0.2, 0) is 25.5 Å². The van der Waals surface area contributed by atoms with E-state index in [1.165, 1.54) is 18.2 Å². The molecular weight excluding hydrogens is 300 g/mol. The molecule has 0 spiro atoms. The topological polar surface area (TPSA) is 93.1 Å². The van der Waals surface area contributed by atoms with Crippen molar-refractivity contribution < 1.29 is 29.3 Å². The fraction of sp³-hybridized carbons (Fsp3) is 0.412. The lowest BCUT2D eigenvalue weighted by molar-refractivity contribution is -0.152. The van der Waals surface area contributed by atoms with Gasteiger partial charge < -0.3 is 19.7 Å². The number of hydrogen-bond acceptors (Lipinski definition) is 6. The van der Waals surface area contributed by atoms with Gasteiger partial charge in [-0.2, -0.15) is 0 Å². The van der Waals surface area contributed by atoms with Gasteiger partial charge in [0.15, 0.2) is 11.5 Å². The van der Waals surface area contributed by atoms with Crippen molar-refractivity contribution in [2.75, 3.05) is 0 Å². The first-order chi connectivity index (χ1) is 10.9. The average Bonchev–Trinajstić information content (AvgIpc) is 2.48. The SMILES string of the molecule is C[C@H](CC1CC=CC(=O)O1)OC(=O)CCc1ccc(O)c(O)c1. The largest absolute Gasteiger partial charge is 0.504 e. The van der Waals surface area contributed by atoms with Gasteiger partial charge in [0.2, 0.25) is 0 Å². The van der Waals surface area contributed by atoms with Gasteiger partial charge in [-0.3, -0.25) is 4.79 Å². The molecule has 0 bridgehead atoms. The highest BCUT2D eigenvalue weighted by Gasteiger charge is 2.20. The molecule has 1 aliphatic heterocycles. The van der Waals surface area contributed by atoms with Gasteiger partial charge in [-0.15, -0.1) is 0 Å².